The van der Waals surface area contributed by atoms with Gasteiger partial charge < -0.3 is 20.1 Å². The van der Waals surface area contributed by atoms with Gasteiger partial charge in [-0.2, -0.15) is 0 Å². The predicted molar refractivity (Wildman–Crippen MR) is 108 cm³/mol. The maximum atomic E-state index is 12.8. The zero-order valence-corrected chi connectivity index (χ0v) is 16.6. The van der Waals surface area contributed by atoms with Gasteiger partial charge in [0.05, 0.1) is 31.0 Å². The zero-order chi connectivity index (χ0) is 19.4. The molecule has 0 spiro atoms. The molecule has 1 amide bonds. The van der Waals surface area contributed by atoms with Crippen molar-refractivity contribution in [2.45, 2.75) is 38.3 Å². The molecule has 5 nitrogen and oxygen atoms in total. The van der Waals surface area contributed by atoms with E-state index in [4.69, 9.17) is 21.1 Å². The molecular formula is C21H25ClN2O3. The maximum absolute atomic E-state index is 12.8. The molecule has 2 aromatic rings. The summed E-state index contributed by atoms with van der Waals surface area (Å²) in [7, 11) is 3.11. The van der Waals surface area contributed by atoms with Crippen LogP contribution in [-0.2, 0) is 11.2 Å². The molecule has 3 rings (SSSR count). The summed E-state index contributed by atoms with van der Waals surface area (Å²) in [6.45, 7) is 1.82. The van der Waals surface area contributed by atoms with E-state index in [-0.39, 0.29) is 11.9 Å². The SMILES string of the molecule is COc1cc(OC)c(N[C@@H](C)C(=O)N[C@H]2CCCc3ccccc32)cc1Cl. The van der Waals surface area contributed by atoms with Gasteiger partial charge in [0.1, 0.15) is 17.5 Å². The molecule has 0 radical (unpaired) electrons. The van der Waals surface area contributed by atoms with Crippen LogP contribution in [0.2, 0.25) is 5.02 Å². The molecule has 0 heterocycles. The van der Waals surface area contributed by atoms with Crippen LogP contribution in [0.5, 0.6) is 11.5 Å². The number of rotatable bonds is 6. The Hall–Kier alpha value is -2.40. The van der Waals surface area contributed by atoms with Crippen molar-refractivity contribution in [2.24, 2.45) is 0 Å². The summed E-state index contributed by atoms with van der Waals surface area (Å²) in [4.78, 5) is 12.8. The molecule has 0 unspecified atom stereocenters. The lowest BCUT2D eigenvalue weighted by molar-refractivity contribution is -0.122. The number of benzene rings is 2. The van der Waals surface area contributed by atoms with E-state index in [9.17, 15) is 4.79 Å². The Kier molecular flexibility index (Phi) is 6.11. The van der Waals surface area contributed by atoms with Crippen LogP contribution < -0.4 is 20.1 Å². The Bertz CT molecular complexity index is 825. The van der Waals surface area contributed by atoms with Crippen LogP contribution in [0.4, 0.5) is 5.69 Å². The Morgan fingerprint density at radius 1 is 1.19 bits per heavy atom. The van der Waals surface area contributed by atoms with E-state index < -0.39 is 6.04 Å². The summed E-state index contributed by atoms with van der Waals surface area (Å²) >= 11 is 6.21. The monoisotopic (exact) mass is 388 g/mol. The lowest BCUT2D eigenvalue weighted by atomic mass is 9.87. The fraction of sp³-hybridized carbons (Fsp3) is 0.381. The van der Waals surface area contributed by atoms with Gasteiger partial charge in [0, 0.05) is 6.07 Å². The van der Waals surface area contributed by atoms with Crippen molar-refractivity contribution in [1.82, 2.24) is 5.32 Å². The van der Waals surface area contributed by atoms with Gasteiger partial charge in [0.25, 0.3) is 0 Å². The third-order valence-electron chi connectivity index (χ3n) is 4.93. The van der Waals surface area contributed by atoms with Crippen LogP contribution in [0.25, 0.3) is 0 Å². The molecule has 2 aromatic carbocycles. The second kappa shape index (κ2) is 8.53. The number of nitrogens with one attached hydrogen (secondary N) is 2. The fourth-order valence-corrected chi connectivity index (χ4v) is 3.71. The molecule has 0 bridgehead atoms. The average Bonchev–Trinajstić information content (AvgIpc) is 2.68. The van der Waals surface area contributed by atoms with E-state index >= 15 is 0 Å². The van der Waals surface area contributed by atoms with Crippen LogP contribution >= 0.6 is 11.6 Å². The number of carbonyl (C=O) groups excluding carboxylic acids is 1. The molecule has 0 saturated carbocycles. The van der Waals surface area contributed by atoms with E-state index in [0.29, 0.717) is 22.2 Å². The van der Waals surface area contributed by atoms with Gasteiger partial charge >= 0.3 is 0 Å². The maximum Gasteiger partial charge on any atom is 0.242 e. The number of aryl methyl sites for hydroxylation is 1. The number of anilines is 1. The average molecular weight is 389 g/mol. The molecular weight excluding hydrogens is 364 g/mol. The molecule has 2 atom stereocenters. The van der Waals surface area contributed by atoms with Crippen molar-refractivity contribution in [1.29, 1.82) is 0 Å². The minimum Gasteiger partial charge on any atom is -0.495 e. The number of fused-ring (bicyclic) bond motifs is 1. The largest absolute Gasteiger partial charge is 0.495 e. The molecule has 0 fully saturated rings. The van der Waals surface area contributed by atoms with Gasteiger partial charge in [0.15, 0.2) is 0 Å². The smallest absolute Gasteiger partial charge is 0.242 e. The summed E-state index contributed by atoms with van der Waals surface area (Å²) in [6, 6.07) is 11.3. The van der Waals surface area contributed by atoms with Crippen molar-refractivity contribution < 1.29 is 14.3 Å². The molecule has 0 saturated heterocycles. The van der Waals surface area contributed by atoms with Crippen LogP contribution in [0.3, 0.4) is 0 Å². The van der Waals surface area contributed by atoms with Gasteiger partial charge in [-0.05, 0) is 43.4 Å². The van der Waals surface area contributed by atoms with Gasteiger partial charge in [-0.15, -0.1) is 0 Å². The lowest BCUT2D eigenvalue weighted by Gasteiger charge is -2.28. The number of amides is 1. The highest BCUT2D eigenvalue weighted by Gasteiger charge is 2.24. The van der Waals surface area contributed by atoms with E-state index in [0.717, 1.165) is 19.3 Å². The van der Waals surface area contributed by atoms with E-state index in [1.165, 1.54) is 11.1 Å². The van der Waals surface area contributed by atoms with Crippen molar-refractivity contribution >= 4 is 23.2 Å². The quantitative estimate of drug-likeness (QED) is 0.772. The summed E-state index contributed by atoms with van der Waals surface area (Å²) in [6.07, 6.45) is 3.09. The Balaban J connectivity index is 1.71. The first kappa shape index (κ1) is 19.4. The minimum absolute atomic E-state index is 0.0491. The standard InChI is InChI=1S/C21H25ClN2O3/c1-13(23-18-11-16(22)19(26-2)12-20(18)27-3)21(25)24-17-10-6-8-14-7-4-5-9-15(14)17/h4-5,7,9,11-13,17,23H,6,8,10H2,1-3H3,(H,24,25)/t13-,17-/m0/s1. The highest BCUT2D eigenvalue weighted by atomic mass is 35.5. The second-order valence-electron chi connectivity index (χ2n) is 6.71. The van der Waals surface area contributed by atoms with Gasteiger partial charge in [-0.1, -0.05) is 35.9 Å². The number of halogens is 1. The molecule has 1 aliphatic rings. The number of methoxy groups -OCH3 is 2. The highest BCUT2D eigenvalue weighted by Crippen LogP contribution is 2.36. The third kappa shape index (κ3) is 4.30. The summed E-state index contributed by atoms with van der Waals surface area (Å²) in [5.41, 5.74) is 3.18. The molecule has 2 N–H and O–H groups in total. The van der Waals surface area contributed by atoms with Crippen LogP contribution in [0.15, 0.2) is 36.4 Å². The molecule has 144 valence electrons. The summed E-state index contributed by atoms with van der Waals surface area (Å²) < 4.78 is 10.6. The van der Waals surface area contributed by atoms with Gasteiger partial charge in [-0.25, -0.2) is 0 Å². The fourth-order valence-electron chi connectivity index (χ4n) is 3.47. The summed E-state index contributed by atoms with van der Waals surface area (Å²) in [5.74, 6) is 1.03. The van der Waals surface area contributed by atoms with Crippen molar-refractivity contribution in [3.63, 3.8) is 0 Å². The molecule has 6 heteroatoms. The lowest BCUT2D eigenvalue weighted by Crippen LogP contribution is -2.40. The van der Waals surface area contributed by atoms with Gasteiger partial charge in [0.2, 0.25) is 5.91 Å². The molecule has 0 aliphatic heterocycles. The van der Waals surface area contributed by atoms with E-state index in [1.54, 1.807) is 26.4 Å². The predicted octanol–water partition coefficient (Wildman–Crippen LogP) is 4.35. The number of hydrogen-bond acceptors (Lipinski definition) is 4. The van der Waals surface area contributed by atoms with Crippen LogP contribution in [0.1, 0.15) is 36.9 Å². The highest BCUT2D eigenvalue weighted by molar-refractivity contribution is 6.32. The van der Waals surface area contributed by atoms with Crippen molar-refractivity contribution in [2.75, 3.05) is 19.5 Å². The van der Waals surface area contributed by atoms with Gasteiger partial charge in [-0.3, -0.25) is 4.79 Å². The van der Waals surface area contributed by atoms with Crippen LogP contribution in [0, 0.1) is 0 Å². The third-order valence-corrected chi connectivity index (χ3v) is 5.22. The molecule has 1 aliphatic carbocycles. The number of hydrogen-bond donors (Lipinski definition) is 2. The Morgan fingerprint density at radius 2 is 1.93 bits per heavy atom. The molecule has 0 aromatic heterocycles. The number of ether oxygens (including phenoxy) is 2. The van der Waals surface area contributed by atoms with Crippen molar-refractivity contribution in [3.8, 4) is 11.5 Å². The number of carbonyl (C=O) groups is 1. The second-order valence-corrected chi connectivity index (χ2v) is 7.11. The van der Waals surface area contributed by atoms with Crippen molar-refractivity contribution in [3.05, 3.63) is 52.5 Å². The Morgan fingerprint density at radius 3 is 2.67 bits per heavy atom. The zero-order valence-electron chi connectivity index (χ0n) is 15.8. The van der Waals surface area contributed by atoms with E-state index in [2.05, 4.69) is 22.8 Å². The minimum atomic E-state index is -0.447. The molecule has 27 heavy (non-hydrogen) atoms. The summed E-state index contributed by atoms with van der Waals surface area (Å²) in [5, 5.41) is 6.81. The van der Waals surface area contributed by atoms with Crippen LogP contribution in [-0.4, -0.2) is 26.2 Å². The first-order chi connectivity index (χ1) is 13.0. The normalized spacial score (nSPS) is 16.8. The Labute approximate surface area is 165 Å². The first-order valence-corrected chi connectivity index (χ1v) is 9.47. The first-order valence-electron chi connectivity index (χ1n) is 9.09. The topological polar surface area (TPSA) is 59.6 Å². The van der Waals surface area contributed by atoms with E-state index in [1.807, 2.05) is 19.1 Å².